The first-order chi connectivity index (χ1) is 4.91. The average Bonchev–Trinajstić information content (AvgIpc) is 1.89. The average molecular weight is 180 g/mol. The van der Waals surface area contributed by atoms with Gasteiger partial charge in [0, 0.05) is 0 Å². The molecular weight excluding hydrogens is 164 g/mol. The standard InChI is InChI=1S/C3H7NO2.C2H5NO2.CH4/c1-2(4)3(5)6;3-1-2(4)5;/h2H,4H2,1H3,(H,5,6);1,3H2,(H,4,5);1H4. The van der Waals surface area contributed by atoms with Gasteiger partial charge in [-0.1, -0.05) is 7.43 Å². The van der Waals surface area contributed by atoms with Gasteiger partial charge in [0.2, 0.25) is 0 Å². The molecule has 0 saturated carbocycles. The zero-order valence-corrected chi connectivity index (χ0v) is 6.15. The van der Waals surface area contributed by atoms with Crippen LogP contribution >= 0.6 is 0 Å². The van der Waals surface area contributed by atoms with Crippen LogP contribution in [0.5, 0.6) is 0 Å². The van der Waals surface area contributed by atoms with Crippen LogP contribution in [0.4, 0.5) is 0 Å². The molecule has 0 aliphatic carbocycles. The molecule has 0 saturated heterocycles. The molecule has 0 aromatic heterocycles. The summed E-state index contributed by atoms with van der Waals surface area (Å²) in [6.07, 6.45) is 0. The largest absolute Gasteiger partial charge is 0.480 e. The van der Waals surface area contributed by atoms with Crippen LogP contribution in [0, 0.1) is 0 Å². The third kappa shape index (κ3) is 23.2. The highest BCUT2D eigenvalue weighted by Gasteiger charge is 1.99. The monoisotopic (exact) mass is 180 g/mol. The quantitative estimate of drug-likeness (QED) is 0.435. The predicted molar refractivity (Wildman–Crippen MR) is 44.7 cm³/mol. The molecule has 0 aliphatic heterocycles. The minimum absolute atomic E-state index is 0. The lowest BCUT2D eigenvalue weighted by molar-refractivity contribution is -0.138. The van der Waals surface area contributed by atoms with Gasteiger partial charge in [0.05, 0.1) is 6.54 Å². The normalized spacial score (nSPS) is 9.92. The van der Waals surface area contributed by atoms with Crippen LogP contribution in [0.1, 0.15) is 14.4 Å². The number of rotatable bonds is 2. The lowest BCUT2D eigenvalue weighted by Crippen LogP contribution is -2.25. The molecule has 0 rings (SSSR count). The first-order valence-corrected chi connectivity index (χ1v) is 2.82. The molecule has 0 bridgehead atoms. The number of hydrogen-bond acceptors (Lipinski definition) is 4. The van der Waals surface area contributed by atoms with Gasteiger partial charge in [0.25, 0.3) is 0 Å². The predicted octanol–water partition coefficient (Wildman–Crippen LogP) is -0.916. The smallest absolute Gasteiger partial charge is 0.320 e. The Kier molecular flexibility index (Phi) is 14.0. The second-order valence-corrected chi connectivity index (χ2v) is 1.72. The van der Waals surface area contributed by atoms with E-state index in [1.54, 1.807) is 0 Å². The Labute approximate surface area is 71.2 Å². The van der Waals surface area contributed by atoms with Crippen LogP contribution in [0.2, 0.25) is 0 Å². The van der Waals surface area contributed by atoms with Gasteiger partial charge in [-0.05, 0) is 6.92 Å². The fraction of sp³-hybridized carbons (Fsp3) is 0.667. The number of carboxylic acids is 2. The van der Waals surface area contributed by atoms with Crippen LogP contribution in [-0.2, 0) is 9.59 Å². The van der Waals surface area contributed by atoms with E-state index in [4.69, 9.17) is 15.9 Å². The third-order valence-corrected chi connectivity index (χ3v) is 0.564. The van der Waals surface area contributed by atoms with E-state index in [1.165, 1.54) is 6.92 Å². The molecule has 0 aromatic carbocycles. The summed E-state index contributed by atoms with van der Waals surface area (Å²) in [6.45, 7) is 1.14. The molecule has 0 radical (unpaired) electrons. The molecule has 0 heterocycles. The highest BCUT2D eigenvalue weighted by molar-refractivity contribution is 5.72. The van der Waals surface area contributed by atoms with Crippen LogP contribution in [0.25, 0.3) is 0 Å². The van der Waals surface area contributed by atoms with Gasteiger partial charge in [-0.3, -0.25) is 9.59 Å². The second-order valence-electron chi connectivity index (χ2n) is 1.72. The van der Waals surface area contributed by atoms with E-state index in [0.29, 0.717) is 0 Å². The van der Waals surface area contributed by atoms with Gasteiger partial charge < -0.3 is 21.7 Å². The molecule has 0 aliphatic rings. The van der Waals surface area contributed by atoms with Crippen molar-refractivity contribution in [1.82, 2.24) is 0 Å². The number of carbonyl (C=O) groups is 2. The van der Waals surface area contributed by atoms with Gasteiger partial charge >= 0.3 is 11.9 Å². The Morgan fingerprint density at radius 3 is 1.58 bits per heavy atom. The molecule has 0 aromatic rings. The number of nitrogens with two attached hydrogens (primary N) is 2. The van der Waals surface area contributed by atoms with Gasteiger partial charge in [-0.2, -0.15) is 0 Å². The van der Waals surface area contributed by atoms with Gasteiger partial charge in [-0.15, -0.1) is 0 Å². The van der Waals surface area contributed by atoms with Crippen molar-refractivity contribution in [3.8, 4) is 0 Å². The Hall–Kier alpha value is -1.14. The van der Waals surface area contributed by atoms with Gasteiger partial charge in [-0.25, -0.2) is 0 Å². The van der Waals surface area contributed by atoms with Crippen LogP contribution < -0.4 is 11.5 Å². The van der Waals surface area contributed by atoms with Crippen molar-refractivity contribution < 1.29 is 19.8 Å². The van der Waals surface area contributed by atoms with Crippen LogP contribution in [0.15, 0.2) is 0 Å². The van der Waals surface area contributed by atoms with Crippen molar-refractivity contribution in [2.45, 2.75) is 20.4 Å². The molecule has 6 N–H and O–H groups in total. The van der Waals surface area contributed by atoms with E-state index in [9.17, 15) is 9.59 Å². The summed E-state index contributed by atoms with van der Waals surface area (Å²) < 4.78 is 0. The summed E-state index contributed by atoms with van der Waals surface area (Å²) >= 11 is 0. The molecule has 6 heteroatoms. The minimum atomic E-state index is -0.968. The van der Waals surface area contributed by atoms with Crippen molar-refractivity contribution in [2.75, 3.05) is 6.54 Å². The zero-order valence-electron chi connectivity index (χ0n) is 6.15. The highest BCUT2D eigenvalue weighted by Crippen LogP contribution is 1.68. The molecule has 74 valence electrons. The Morgan fingerprint density at radius 2 is 1.58 bits per heavy atom. The van der Waals surface area contributed by atoms with E-state index >= 15 is 0 Å². The maximum absolute atomic E-state index is 9.57. The molecular formula is C6H16N2O4. The maximum atomic E-state index is 9.57. The molecule has 0 amide bonds. The topological polar surface area (TPSA) is 127 Å². The van der Waals surface area contributed by atoms with Gasteiger partial charge in [0.1, 0.15) is 6.04 Å². The number of carboxylic acid groups (broad SMARTS) is 2. The van der Waals surface area contributed by atoms with E-state index in [-0.39, 0.29) is 14.0 Å². The Bertz CT molecular complexity index is 136. The van der Waals surface area contributed by atoms with Crippen molar-refractivity contribution in [2.24, 2.45) is 11.5 Å². The molecule has 1 atom stereocenters. The maximum Gasteiger partial charge on any atom is 0.320 e. The fourth-order valence-electron chi connectivity index (χ4n) is 0. The molecule has 0 spiro atoms. The molecule has 0 fully saturated rings. The fourth-order valence-corrected chi connectivity index (χ4v) is 0. The lowest BCUT2D eigenvalue weighted by Gasteiger charge is -1.90. The molecule has 1 unspecified atom stereocenters. The van der Waals surface area contributed by atoms with Crippen molar-refractivity contribution >= 4 is 11.9 Å². The third-order valence-electron chi connectivity index (χ3n) is 0.564. The van der Waals surface area contributed by atoms with E-state index in [0.717, 1.165) is 0 Å². The van der Waals surface area contributed by atoms with E-state index in [1.807, 2.05) is 0 Å². The summed E-state index contributed by atoms with van der Waals surface area (Å²) in [7, 11) is 0. The summed E-state index contributed by atoms with van der Waals surface area (Å²) in [5.41, 5.74) is 9.41. The van der Waals surface area contributed by atoms with Crippen LogP contribution in [0.3, 0.4) is 0 Å². The highest BCUT2D eigenvalue weighted by atomic mass is 16.4. The summed E-state index contributed by atoms with van der Waals surface area (Å²) in [5.74, 6) is -1.93. The number of hydrogen-bond donors (Lipinski definition) is 4. The second kappa shape index (κ2) is 9.86. The van der Waals surface area contributed by atoms with E-state index in [2.05, 4.69) is 5.73 Å². The first kappa shape index (κ1) is 17.1. The Morgan fingerprint density at radius 1 is 1.42 bits per heavy atom. The van der Waals surface area contributed by atoms with E-state index < -0.39 is 18.0 Å². The van der Waals surface area contributed by atoms with Crippen molar-refractivity contribution in [1.29, 1.82) is 0 Å². The van der Waals surface area contributed by atoms with Gasteiger partial charge in [0.15, 0.2) is 0 Å². The summed E-state index contributed by atoms with van der Waals surface area (Å²) in [4.78, 5) is 18.8. The number of aliphatic carboxylic acids is 2. The Balaban J connectivity index is -0.000000126. The molecule has 12 heavy (non-hydrogen) atoms. The van der Waals surface area contributed by atoms with Crippen molar-refractivity contribution in [3.63, 3.8) is 0 Å². The lowest BCUT2D eigenvalue weighted by atomic mass is 10.4. The molecule has 6 nitrogen and oxygen atoms in total. The summed E-state index contributed by atoms with van der Waals surface area (Å²) in [5, 5.41) is 15.5. The first-order valence-electron chi connectivity index (χ1n) is 2.82. The van der Waals surface area contributed by atoms with Crippen molar-refractivity contribution in [3.05, 3.63) is 0 Å². The zero-order chi connectivity index (χ0) is 9.44. The minimum Gasteiger partial charge on any atom is -0.480 e. The van der Waals surface area contributed by atoms with Crippen LogP contribution in [-0.4, -0.2) is 34.7 Å². The SMILES string of the molecule is C.CC(N)C(=O)O.NCC(=O)O. The summed E-state index contributed by atoms with van der Waals surface area (Å²) in [6, 6.07) is -0.731.